The molecule has 1 atom stereocenters. The minimum absolute atomic E-state index is 0.473. The molecule has 0 aromatic heterocycles. The molecule has 0 radical (unpaired) electrons. The Morgan fingerprint density at radius 3 is 2.48 bits per heavy atom. The van der Waals surface area contributed by atoms with Gasteiger partial charge in [-0.2, -0.15) is 0 Å². The van der Waals surface area contributed by atoms with E-state index < -0.39 is 0 Å². The third-order valence-corrected chi connectivity index (χ3v) is 3.58. The molecule has 0 amide bonds. The van der Waals surface area contributed by atoms with Gasteiger partial charge < -0.3 is 14.2 Å². The standard InChI is InChI=1S/C17H26O3S/c1-5-6-7-15(12-20-13(2)21)10-14-8-9-16(18-3)17(11-14)19-4/h8-9,11,15H,5-7,10,12H2,1-4H3. The van der Waals surface area contributed by atoms with E-state index in [-0.39, 0.29) is 0 Å². The normalized spacial score (nSPS) is 11.8. The van der Waals surface area contributed by atoms with Gasteiger partial charge in [-0.05, 0) is 48.7 Å². The fourth-order valence-electron chi connectivity index (χ4n) is 2.31. The molecule has 0 aliphatic carbocycles. The van der Waals surface area contributed by atoms with Gasteiger partial charge in [-0.15, -0.1) is 0 Å². The number of ether oxygens (including phenoxy) is 3. The van der Waals surface area contributed by atoms with E-state index in [0.717, 1.165) is 24.3 Å². The SMILES string of the molecule is CCCCC(COC(C)=S)Cc1ccc(OC)c(OC)c1. The van der Waals surface area contributed by atoms with E-state index in [2.05, 4.69) is 13.0 Å². The van der Waals surface area contributed by atoms with Crippen molar-refractivity contribution in [3.05, 3.63) is 23.8 Å². The fourth-order valence-corrected chi connectivity index (χ4v) is 2.38. The predicted octanol–water partition coefficient (Wildman–Crippen LogP) is 4.42. The van der Waals surface area contributed by atoms with Gasteiger partial charge in [0.2, 0.25) is 0 Å². The largest absolute Gasteiger partial charge is 0.493 e. The van der Waals surface area contributed by atoms with Gasteiger partial charge in [0, 0.05) is 6.92 Å². The van der Waals surface area contributed by atoms with Gasteiger partial charge in [0.15, 0.2) is 16.5 Å². The van der Waals surface area contributed by atoms with E-state index >= 15 is 0 Å². The molecule has 0 saturated carbocycles. The lowest BCUT2D eigenvalue weighted by Crippen LogP contribution is -2.14. The van der Waals surface area contributed by atoms with Gasteiger partial charge in [0.05, 0.1) is 20.8 Å². The van der Waals surface area contributed by atoms with Crippen molar-refractivity contribution in [1.82, 2.24) is 0 Å². The molecule has 0 aliphatic heterocycles. The van der Waals surface area contributed by atoms with E-state index in [4.69, 9.17) is 26.4 Å². The second-order valence-electron chi connectivity index (χ2n) is 5.20. The quantitative estimate of drug-likeness (QED) is 0.631. The average molecular weight is 310 g/mol. The number of benzene rings is 1. The summed E-state index contributed by atoms with van der Waals surface area (Å²) in [5, 5.41) is 0.615. The molecule has 0 saturated heterocycles. The molecular formula is C17H26O3S. The monoisotopic (exact) mass is 310 g/mol. The van der Waals surface area contributed by atoms with Crippen LogP contribution in [0.2, 0.25) is 0 Å². The van der Waals surface area contributed by atoms with Gasteiger partial charge in [-0.3, -0.25) is 0 Å². The number of thiocarbonyl (C=S) groups is 1. The van der Waals surface area contributed by atoms with Crippen LogP contribution < -0.4 is 9.47 Å². The van der Waals surface area contributed by atoms with Crippen LogP contribution in [-0.4, -0.2) is 25.9 Å². The fraction of sp³-hybridized carbons (Fsp3) is 0.588. The summed E-state index contributed by atoms with van der Waals surface area (Å²) in [6.45, 7) is 4.71. The molecule has 1 unspecified atom stereocenters. The van der Waals surface area contributed by atoms with Crippen LogP contribution in [0.25, 0.3) is 0 Å². The Morgan fingerprint density at radius 1 is 1.19 bits per heavy atom. The summed E-state index contributed by atoms with van der Waals surface area (Å²) >= 11 is 5.00. The average Bonchev–Trinajstić information content (AvgIpc) is 2.49. The van der Waals surface area contributed by atoms with Crippen LogP contribution in [0.15, 0.2) is 18.2 Å². The molecule has 0 N–H and O–H groups in total. The van der Waals surface area contributed by atoms with Gasteiger partial charge in [-0.25, -0.2) is 0 Å². The Bertz CT molecular complexity index is 446. The third-order valence-electron chi connectivity index (χ3n) is 3.46. The van der Waals surface area contributed by atoms with E-state index in [1.807, 2.05) is 19.1 Å². The summed E-state index contributed by atoms with van der Waals surface area (Å²) < 4.78 is 16.2. The van der Waals surface area contributed by atoms with Crippen molar-refractivity contribution < 1.29 is 14.2 Å². The van der Waals surface area contributed by atoms with E-state index in [1.54, 1.807) is 14.2 Å². The highest BCUT2D eigenvalue weighted by Gasteiger charge is 2.13. The van der Waals surface area contributed by atoms with Gasteiger partial charge in [0.25, 0.3) is 0 Å². The zero-order valence-corrected chi connectivity index (χ0v) is 14.3. The van der Waals surface area contributed by atoms with Crippen LogP contribution in [0.5, 0.6) is 11.5 Å². The zero-order valence-electron chi connectivity index (χ0n) is 13.5. The molecule has 1 rings (SSSR count). The molecule has 21 heavy (non-hydrogen) atoms. The summed E-state index contributed by atoms with van der Waals surface area (Å²) in [5.41, 5.74) is 1.24. The minimum atomic E-state index is 0.473. The number of rotatable bonds is 9. The smallest absolute Gasteiger partial charge is 0.160 e. The predicted molar refractivity (Wildman–Crippen MR) is 90.5 cm³/mol. The molecule has 0 fully saturated rings. The molecule has 0 spiro atoms. The summed E-state index contributed by atoms with van der Waals surface area (Å²) in [5.74, 6) is 2.01. The number of methoxy groups -OCH3 is 2. The maximum absolute atomic E-state index is 5.55. The number of unbranched alkanes of at least 4 members (excludes halogenated alkanes) is 1. The van der Waals surface area contributed by atoms with Crippen LogP contribution in [0.3, 0.4) is 0 Å². The van der Waals surface area contributed by atoms with E-state index in [1.165, 1.54) is 18.4 Å². The van der Waals surface area contributed by atoms with Crippen LogP contribution in [0.1, 0.15) is 38.7 Å². The van der Waals surface area contributed by atoms with Crippen LogP contribution in [0, 0.1) is 5.92 Å². The first-order valence-electron chi connectivity index (χ1n) is 7.45. The zero-order chi connectivity index (χ0) is 15.7. The maximum Gasteiger partial charge on any atom is 0.160 e. The Morgan fingerprint density at radius 2 is 1.90 bits per heavy atom. The first-order valence-corrected chi connectivity index (χ1v) is 7.85. The highest BCUT2D eigenvalue weighted by molar-refractivity contribution is 7.80. The molecule has 4 heteroatoms. The summed E-state index contributed by atoms with van der Waals surface area (Å²) in [7, 11) is 3.31. The lowest BCUT2D eigenvalue weighted by atomic mass is 9.94. The molecule has 1 aromatic rings. The molecule has 1 aromatic carbocycles. The summed E-state index contributed by atoms with van der Waals surface area (Å²) in [6, 6.07) is 6.09. The number of hydrogen-bond acceptors (Lipinski definition) is 4. The Kier molecular flexibility index (Phi) is 8.13. The van der Waals surface area contributed by atoms with Crippen molar-refractivity contribution in [2.45, 2.75) is 39.5 Å². The van der Waals surface area contributed by atoms with Crippen molar-refractivity contribution in [3.63, 3.8) is 0 Å². The highest BCUT2D eigenvalue weighted by Crippen LogP contribution is 2.29. The van der Waals surface area contributed by atoms with Crippen molar-refractivity contribution in [1.29, 1.82) is 0 Å². The molecule has 3 nitrogen and oxygen atoms in total. The topological polar surface area (TPSA) is 27.7 Å². The first kappa shape index (κ1) is 17.8. The summed E-state index contributed by atoms with van der Waals surface area (Å²) in [4.78, 5) is 0. The van der Waals surface area contributed by atoms with Crippen LogP contribution in [0.4, 0.5) is 0 Å². The maximum atomic E-state index is 5.55. The second-order valence-corrected chi connectivity index (χ2v) is 5.78. The highest BCUT2D eigenvalue weighted by atomic mass is 32.1. The van der Waals surface area contributed by atoms with Crippen molar-refractivity contribution in [2.75, 3.05) is 20.8 Å². The van der Waals surface area contributed by atoms with Gasteiger partial charge in [-0.1, -0.05) is 25.8 Å². The molecule has 0 bridgehead atoms. The molecule has 118 valence electrons. The Labute approximate surface area is 133 Å². The third kappa shape index (κ3) is 6.34. The van der Waals surface area contributed by atoms with E-state index in [9.17, 15) is 0 Å². The van der Waals surface area contributed by atoms with Gasteiger partial charge in [0.1, 0.15) is 0 Å². The lowest BCUT2D eigenvalue weighted by Gasteiger charge is -2.18. The Balaban J connectivity index is 2.74. The molecular weight excluding hydrogens is 284 g/mol. The molecule has 0 aliphatic rings. The summed E-state index contributed by atoms with van der Waals surface area (Å²) in [6.07, 6.45) is 4.51. The minimum Gasteiger partial charge on any atom is -0.493 e. The molecule has 0 heterocycles. The number of hydrogen-bond donors (Lipinski definition) is 0. The lowest BCUT2D eigenvalue weighted by molar-refractivity contribution is 0.229. The van der Waals surface area contributed by atoms with E-state index in [0.29, 0.717) is 17.6 Å². The van der Waals surface area contributed by atoms with Crippen molar-refractivity contribution >= 4 is 17.3 Å². The van der Waals surface area contributed by atoms with Crippen molar-refractivity contribution in [3.8, 4) is 11.5 Å². The Hall–Kier alpha value is -1.29. The van der Waals surface area contributed by atoms with Crippen molar-refractivity contribution in [2.24, 2.45) is 5.92 Å². The van der Waals surface area contributed by atoms with Gasteiger partial charge >= 0.3 is 0 Å². The second kappa shape index (κ2) is 9.61. The van der Waals surface area contributed by atoms with Crippen LogP contribution in [-0.2, 0) is 11.2 Å². The van der Waals surface area contributed by atoms with Crippen LogP contribution >= 0.6 is 12.2 Å². The first-order chi connectivity index (χ1) is 10.1.